The van der Waals surface area contributed by atoms with Gasteiger partial charge in [0.15, 0.2) is 0 Å². The number of rotatable bonds is 3. The van der Waals surface area contributed by atoms with Crippen LogP contribution in [-0.2, 0) is 0 Å². The van der Waals surface area contributed by atoms with Crippen LogP contribution >= 0.6 is 0 Å². The number of fused-ring (bicyclic) bond motifs is 3. The molecule has 3 saturated heterocycles. The molecule has 3 aliphatic rings. The van der Waals surface area contributed by atoms with E-state index in [0.29, 0.717) is 12.1 Å². The average molecular weight is 220 g/mol. The summed E-state index contributed by atoms with van der Waals surface area (Å²) < 4.78 is 0. The number of nitrogens with zero attached hydrogens (tertiary/aromatic N) is 2. The molecule has 0 radical (unpaired) electrons. The number of hydrogen-bond donors (Lipinski definition) is 2. The number of H-pyrrole nitrogens is 1. The molecule has 4 heterocycles. The Morgan fingerprint density at radius 1 is 1.50 bits per heavy atom. The lowest BCUT2D eigenvalue weighted by Crippen LogP contribution is -2.56. The molecule has 0 aromatic carbocycles. The SMILES string of the molecule is CC(NC1CN2CCC1CC2)c1ncc[nH]1. The Bertz CT molecular complexity index is 327. The van der Waals surface area contributed by atoms with Gasteiger partial charge in [0, 0.05) is 25.0 Å². The van der Waals surface area contributed by atoms with Crippen LogP contribution in [0.3, 0.4) is 0 Å². The average Bonchev–Trinajstić information content (AvgIpc) is 2.84. The molecule has 0 amide bonds. The zero-order valence-electron chi connectivity index (χ0n) is 9.82. The molecule has 1 aromatic heterocycles. The highest BCUT2D eigenvalue weighted by atomic mass is 15.2. The minimum Gasteiger partial charge on any atom is -0.347 e. The smallest absolute Gasteiger partial charge is 0.122 e. The molecule has 4 heteroatoms. The first-order valence-electron chi connectivity index (χ1n) is 6.30. The van der Waals surface area contributed by atoms with Gasteiger partial charge in [0.05, 0.1) is 6.04 Å². The summed E-state index contributed by atoms with van der Waals surface area (Å²) in [5, 5.41) is 3.72. The lowest BCUT2D eigenvalue weighted by molar-refractivity contribution is 0.0675. The second kappa shape index (κ2) is 4.18. The minimum absolute atomic E-state index is 0.334. The molecular formula is C12H20N4. The van der Waals surface area contributed by atoms with E-state index < -0.39 is 0 Å². The van der Waals surface area contributed by atoms with Crippen LogP contribution in [-0.4, -0.2) is 40.5 Å². The summed E-state index contributed by atoms with van der Waals surface area (Å²) in [4.78, 5) is 10.1. The van der Waals surface area contributed by atoms with Gasteiger partial charge in [0.2, 0.25) is 0 Å². The van der Waals surface area contributed by atoms with E-state index in [1.807, 2.05) is 12.4 Å². The van der Waals surface area contributed by atoms with Gasteiger partial charge in [0.25, 0.3) is 0 Å². The van der Waals surface area contributed by atoms with E-state index in [1.54, 1.807) is 0 Å². The summed E-state index contributed by atoms with van der Waals surface area (Å²) >= 11 is 0. The lowest BCUT2D eigenvalue weighted by atomic mass is 9.84. The monoisotopic (exact) mass is 220 g/mol. The quantitative estimate of drug-likeness (QED) is 0.803. The predicted molar refractivity (Wildman–Crippen MR) is 63.1 cm³/mol. The molecule has 16 heavy (non-hydrogen) atoms. The predicted octanol–water partition coefficient (Wildman–Crippen LogP) is 1.15. The first-order valence-corrected chi connectivity index (χ1v) is 6.30. The largest absolute Gasteiger partial charge is 0.347 e. The van der Waals surface area contributed by atoms with E-state index in [-0.39, 0.29) is 0 Å². The van der Waals surface area contributed by atoms with Gasteiger partial charge in [-0.1, -0.05) is 0 Å². The van der Waals surface area contributed by atoms with Crippen molar-refractivity contribution < 1.29 is 0 Å². The van der Waals surface area contributed by atoms with Gasteiger partial charge in [0.1, 0.15) is 5.82 Å². The first-order chi connectivity index (χ1) is 7.83. The van der Waals surface area contributed by atoms with Crippen molar-refractivity contribution in [2.75, 3.05) is 19.6 Å². The molecule has 88 valence electrons. The second-order valence-electron chi connectivity index (χ2n) is 5.11. The lowest BCUT2D eigenvalue weighted by Gasteiger charge is -2.45. The third-order valence-electron chi connectivity index (χ3n) is 4.05. The van der Waals surface area contributed by atoms with Gasteiger partial charge < -0.3 is 15.2 Å². The maximum Gasteiger partial charge on any atom is 0.122 e. The van der Waals surface area contributed by atoms with Gasteiger partial charge >= 0.3 is 0 Å². The Hall–Kier alpha value is -0.870. The number of hydrogen-bond acceptors (Lipinski definition) is 3. The maximum atomic E-state index is 4.31. The highest BCUT2D eigenvalue weighted by Crippen LogP contribution is 2.28. The van der Waals surface area contributed by atoms with Crippen LogP contribution in [0.5, 0.6) is 0 Å². The summed E-state index contributed by atoms with van der Waals surface area (Å²) in [7, 11) is 0. The Morgan fingerprint density at radius 2 is 2.31 bits per heavy atom. The molecule has 2 N–H and O–H groups in total. The zero-order chi connectivity index (χ0) is 11.0. The van der Waals surface area contributed by atoms with Crippen LogP contribution in [0.25, 0.3) is 0 Å². The second-order valence-corrected chi connectivity index (χ2v) is 5.11. The molecule has 3 fully saturated rings. The summed E-state index contributed by atoms with van der Waals surface area (Å²) in [6.45, 7) is 6.02. The summed E-state index contributed by atoms with van der Waals surface area (Å²) in [5.74, 6) is 1.93. The third-order valence-corrected chi connectivity index (χ3v) is 4.05. The van der Waals surface area contributed by atoms with E-state index in [9.17, 15) is 0 Å². The van der Waals surface area contributed by atoms with Crippen LogP contribution in [0.2, 0.25) is 0 Å². The zero-order valence-corrected chi connectivity index (χ0v) is 9.82. The molecule has 1 aromatic rings. The van der Waals surface area contributed by atoms with Crippen molar-refractivity contribution in [3.63, 3.8) is 0 Å². The number of aromatic nitrogens is 2. The Labute approximate surface area is 96.4 Å². The fourth-order valence-electron chi connectivity index (χ4n) is 3.07. The van der Waals surface area contributed by atoms with Gasteiger partial charge in [-0.15, -0.1) is 0 Å². The first kappa shape index (κ1) is 10.3. The Balaban J connectivity index is 1.62. The third kappa shape index (κ3) is 1.87. The molecule has 4 nitrogen and oxygen atoms in total. The van der Waals surface area contributed by atoms with Crippen LogP contribution in [0.1, 0.15) is 31.6 Å². The topological polar surface area (TPSA) is 44.0 Å². The number of imidazole rings is 1. The standard InChI is InChI=1S/C12H20N4/c1-9(12-13-4-5-14-12)15-11-8-16-6-2-10(11)3-7-16/h4-5,9-11,15H,2-3,6-8H2,1H3,(H,13,14). The highest BCUT2D eigenvalue weighted by molar-refractivity contribution is 4.98. The van der Waals surface area contributed by atoms with Gasteiger partial charge in [-0.2, -0.15) is 0 Å². The van der Waals surface area contributed by atoms with Gasteiger partial charge in [-0.25, -0.2) is 4.98 Å². The van der Waals surface area contributed by atoms with Crippen LogP contribution < -0.4 is 5.32 Å². The van der Waals surface area contributed by atoms with Crippen LogP contribution in [0.15, 0.2) is 12.4 Å². The summed E-state index contributed by atoms with van der Waals surface area (Å²) in [5.41, 5.74) is 0. The van der Waals surface area contributed by atoms with E-state index in [2.05, 4.69) is 27.1 Å². The van der Waals surface area contributed by atoms with E-state index >= 15 is 0 Å². The fraction of sp³-hybridized carbons (Fsp3) is 0.750. The summed E-state index contributed by atoms with van der Waals surface area (Å²) in [6.07, 6.45) is 6.44. The van der Waals surface area contributed by atoms with E-state index in [1.165, 1.54) is 32.5 Å². The van der Waals surface area contributed by atoms with Crippen molar-refractivity contribution >= 4 is 0 Å². The van der Waals surface area contributed by atoms with Crippen LogP contribution in [0, 0.1) is 5.92 Å². The van der Waals surface area contributed by atoms with Crippen LogP contribution in [0.4, 0.5) is 0 Å². The van der Waals surface area contributed by atoms with E-state index in [0.717, 1.165) is 11.7 Å². The van der Waals surface area contributed by atoms with Gasteiger partial charge in [-0.05, 0) is 38.8 Å². The number of piperidine rings is 3. The molecule has 0 saturated carbocycles. The molecule has 3 aliphatic heterocycles. The molecule has 0 spiro atoms. The maximum absolute atomic E-state index is 4.31. The van der Waals surface area contributed by atoms with Crippen molar-refractivity contribution in [3.8, 4) is 0 Å². The van der Waals surface area contributed by atoms with Crippen molar-refractivity contribution in [1.29, 1.82) is 0 Å². The normalized spacial score (nSPS) is 35.2. The molecule has 2 unspecified atom stereocenters. The number of aromatic amines is 1. The Morgan fingerprint density at radius 3 is 2.88 bits per heavy atom. The molecule has 0 aliphatic carbocycles. The van der Waals surface area contributed by atoms with Crippen molar-refractivity contribution in [2.24, 2.45) is 5.92 Å². The van der Waals surface area contributed by atoms with Crippen molar-refractivity contribution in [2.45, 2.75) is 31.8 Å². The molecule has 2 atom stereocenters. The molecule has 2 bridgehead atoms. The fourth-order valence-corrected chi connectivity index (χ4v) is 3.07. The van der Waals surface area contributed by atoms with Gasteiger partial charge in [-0.3, -0.25) is 0 Å². The van der Waals surface area contributed by atoms with Crippen molar-refractivity contribution in [1.82, 2.24) is 20.2 Å². The molecular weight excluding hydrogens is 200 g/mol. The molecule has 4 rings (SSSR count). The van der Waals surface area contributed by atoms with Crippen molar-refractivity contribution in [3.05, 3.63) is 18.2 Å². The number of nitrogens with one attached hydrogen (secondary N) is 2. The van der Waals surface area contributed by atoms with E-state index in [4.69, 9.17) is 0 Å². The Kier molecular flexibility index (Phi) is 2.69. The highest BCUT2D eigenvalue weighted by Gasteiger charge is 2.34. The summed E-state index contributed by atoms with van der Waals surface area (Å²) in [6, 6.07) is 0.989. The minimum atomic E-state index is 0.334.